The van der Waals surface area contributed by atoms with E-state index in [-0.39, 0.29) is 58.5 Å². The van der Waals surface area contributed by atoms with E-state index in [0.29, 0.717) is 45.0 Å². The molecule has 2 fully saturated rings. The van der Waals surface area contributed by atoms with E-state index >= 15 is 0 Å². The number of nitrogens with zero attached hydrogens (tertiary/aromatic N) is 5. The molecule has 3 amide bonds. The Balaban J connectivity index is 1.62. The van der Waals surface area contributed by atoms with Crippen molar-refractivity contribution in [1.29, 1.82) is 0 Å². The first kappa shape index (κ1) is 26.6. The maximum atomic E-state index is 13.9. The van der Waals surface area contributed by atoms with Crippen molar-refractivity contribution in [1.82, 2.24) is 19.7 Å². The highest BCUT2D eigenvalue weighted by molar-refractivity contribution is 6.42. The summed E-state index contributed by atoms with van der Waals surface area (Å²) in [5, 5.41) is 0.132. The third kappa shape index (κ3) is 5.16. The number of carbonyl (C=O) groups is 3. The first-order valence-electron chi connectivity index (χ1n) is 12.3. The number of hydrogen-bond acceptors (Lipinski definition) is 7. The zero-order chi connectivity index (χ0) is 26.4. The molecule has 4 heterocycles. The smallest absolute Gasteiger partial charge is 0.410 e. The Kier molecular flexibility index (Phi) is 7.48. The number of fused-ring (bicyclic) bond motifs is 2. The van der Waals surface area contributed by atoms with Crippen molar-refractivity contribution in [2.75, 3.05) is 50.8 Å². The zero-order valence-electron chi connectivity index (χ0n) is 21.3. The lowest BCUT2D eigenvalue weighted by Crippen LogP contribution is -2.58. The SMILES string of the molecule is CCC(=O)N1CCN(c2nc(Cl)c(Cl)c3c2C(=O)N2CCN(C(=O)OC(C)(C)C)C[C@@H]2CO3)[C@@H](C)C1. The van der Waals surface area contributed by atoms with Gasteiger partial charge in [0.05, 0.1) is 6.04 Å². The number of ether oxygens (including phenoxy) is 2. The second kappa shape index (κ2) is 10.1. The van der Waals surface area contributed by atoms with Crippen LogP contribution in [0.3, 0.4) is 0 Å². The van der Waals surface area contributed by atoms with Crippen LogP contribution in [-0.4, -0.2) is 101 Å². The van der Waals surface area contributed by atoms with Crippen LogP contribution >= 0.6 is 23.2 Å². The Hall–Kier alpha value is -2.46. The molecule has 0 N–H and O–H groups in total. The summed E-state index contributed by atoms with van der Waals surface area (Å²) in [6.45, 7) is 11.9. The minimum atomic E-state index is -0.618. The van der Waals surface area contributed by atoms with Crippen molar-refractivity contribution in [3.8, 4) is 5.75 Å². The molecule has 36 heavy (non-hydrogen) atoms. The number of piperazine rings is 2. The second-order valence-corrected chi connectivity index (χ2v) is 11.1. The maximum absolute atomic E-state index is 13.9. The molecule has 0 bridgehead atoms. The van der Waals surface area contributed by atoms with Gasteiger partial charge < -0.3 is 29.1 Å². The molecule has 3 aliphatic heterocycles. The first-order valence-corrected chi connectivity index (χ1v) is 13.0. The number of amides is 3. The van der Waals surface area contributed by atoms with Crippen LogP contribution < -0.4 is 9.64 Å². The van der Waals surface area contributed by atoms with E-state index in [4.69, 9.17) is 32.7 Å². The topological polar surface area (TPSA) is 95.5 Å². The Labute approximate surface area is 221 Å². The monoisotopic (exact) mass is 541 g/mol. The van der Waals surface area contributed by atoms with Crippen LogP contribution in [0.4, 0.5) is 10.6 Å². The van der Waals surface area contributed by atoms with Gasteiger partial charge in [0.25, 0.3) is 5.91 Å². The number of aromatic nitrogens is 1. The van der Waals surface area contributed by atoms with Gasteiger partial charge in [0.1, 0.15) is 28.6 Å². The molecule has 198 valence electrons. The Bertz CT molecular complexity index is 1060. The number of halogens is 2. The van der Waals surface area contributed by atoms with Crippen molar-refractivity contribution >= 4 is 46.9 Å². The lowest BCUT2D eigenvalue weighted by Gasteiger charge is -2.42. The normalized spacial score (nSPS) is 22.5. The summed E-state index contributed by atoms with van der Waals surface area (Å²) in [5.41, 5.74) is -0.354. The van der Waals surface area contributed by atoms with Gasteiger partial charge in [-0.05, 0) is 27.7 Å². The first-order chi connectivity index (χ1) is 16.9. The van der Waals surface area contributed by atoms with E-state index in [0.717, 1.165) is 0 Å². The van der Waals surface area contributed by atoms with E-state index in [1.54, 1.807) is 9.80 Å². The third-order valence-electron chi connectivity index (χ3n) is 6.62. The fraction of sp³-hybridized carbons (Fsp3) is 0.667. The molecule has 4 rings (SSSR count). The van der Waals surface area contributed by atoms with Crippen molar-refractivity contribution in [3.05, 3.63) is 15.7 Å². The van der Waals surface area contributed by atoms with E-state index in [2.05, 4.69) is 4.98 Å². The van der Waals surface area contributed by atoms with Crippen molar-refractivity contribution in [2.24, 2.45) is 0 Å². The molecule has 1 aromatic rings. The van der Waals surface area contributed by atoms with Crippen LogP contribution in [0.15, 0.2) is 0 Å². The van der Waals surface area contributed by atoms with Crippen molar-refractivity contribution in [3.63, 3.8) is 0 Å². The largest absolute Gasteiger partial charge is 0.489 e. The molecule has 0 spiro atoms. The second-order valence-electron chi connectivity index (χ2n) is 10.4. The van der Waals surface area contributed by atoms with E-state index in [9.17, 15) is 14.4 Å². The maximum Gasteiger partial charge on any atom is 0.410 e. The average Bonchev–Trinajstić information content (AvgIpc) is 2.96. The van der Waals surface area contributed by atoms with Crippen molar-refractivity contribution < 1.29 is 23.9 Å². The third-order valence-corrected chi connectivity index (χ3v) is 7.34. The molecule has 12 heteroatoms. The molecule has 2 atom stereocenters. The predicted octanol–water partition coefficient (Wildman–Crippen LogP) is 3.29. The minimum absolute atomic E-state index is 0.0488. The van der Waals surface area contributed by atoms with Gasteiger partial charge >= 0.3 is 6.09 Å². The van der Waals surface area contributed by atoms with Crippen LogP contribution in [0, 0.1) is 0 Å². The molecular weight excluding hydrogens is 509 g/mol. The van der Waals surface area contributed by atoms with Gasteiger partial charge in [0.15, 0.2) is 10.9 Å². The molecule has 1 aromatic heterocycles. The predicted molar refractivity (Wildman–Crippen MR) is 136 cm³/mol. The quantitative estimate of drug-likeness (QED) is 0.530. The molecule has 0 radical (unpaired) electrons. The molecule has 0 saturated carbocycles. The summed E-state index contributed by atoms with van der Waals surface area (Å²) >= 11 is 12.9. The summed E-state index contributed by atoms with van der Waals surface area (Å²) in [6, 6.07) is -0.482. The van der Waals surface area contributed by atoms with Crippen LogP contribution in [-0.2, 0) is 9.53 Å². The molecule has 0 aromatic carbocycles. The van der Waals surface area contributed by atoms with Gasteiger partial charge in [0, 0.05) is 51.7 Å². The number of hydrogen-bond donors (Lipinski definition) is 0. The highest BCUT2D eigenvalue weighted by Gasteiger charge is 2.42. The molecule has 0 unspecified atom stereocenters. The number of carbonyl (C=O) groups excluding carboxylic acids is 3. The van der Waals surface area contributed by atoms with Gasteiger partial charge in [-0.2, -0.15) is 0 Å². The highest BCUT2D eigenvalue weighted by Crippen LogP contribution is 2.42. The van der Waals surface area contributed by atoms with Gasteiger partial charge in [-0.3, -0.25) is 9.59 Å². The summed E-state index contributed by atoms with van der Waals surface area (Å²) in [5.74, 6) is 0.425. The fourth-order valence-electron chi connectivity index (χ4n) is 4.84. The van der Waals surface area contributed by atoms with Gasteiger partial charge in [-0.25, -0.2) is 9.78 Å². The molecule has 10 nitrogen and oxygen atoms in total. The van der Waals surface area contributed by atoms with Crippen LogP contribution in [0.25, 0.3) is 0 Å². The standard InChI is InChI=1S/C24H33Cl2N5O5/c1-6-16(32)28-7-9-30(14(2)11-28)21-17-19(18(25)20(26)27-21)35-13-15-12-29(8-10-31(15)22(17)33)23(34)36-24(3,4)5/h14-15H,6-13H2,1-5H3/t14-,15+/m0/s1. The molecular formula is C24H33Cl2N5O5. The van der Waals surface area contributed by atoms with Gasteiger partial charge in [-0.15, -0.1) is 0 Å². The van der Waals surface area contributed by atoms with E-state index in [1.165, 1.54) is 0 Å². The zero-order valence-corrected chi connectivity index (χ0v) is 22.9. The van der Waals surface area contributed by atoms with Gasteiger partial charge in [0.2, 0.25) is 5.91 Å². The minimum Gasteiger partial charge on any atom is -0.489 e. The summed E-state index contributed by atoms with van der Waals surface area (Å²) < 4.78 is 11.6. The number of anilines is 1. The Morgan fingerprint density at radius 2 is 1.75 bits per heavy atom. The number of rotatable bonds is 2. The van der Waals surface area contributed by atoms with Crippen LogP contribution in [0.1, 0.15) is 51.4 Å². The lowest BCUT2D eigenvalue weighted by atomic mass is 10.1. The Morgan fingerprint density at radius 1 is 1.08 bits per heavy atom. The fourth-order valence-corrected chi connectivity index (χ4v) is 5.20. The van der Waals surface area contributed by atoms with Gasteiger partial charge in [-0.1, -0.05) is 30.1 Å². The highest BCUT2D eigenvalue weighted by atomic mass is 35.5. The Morgan fingerprint density at radius 3 is 2.39 bits per heavy atom. The average molecular weight is 542 g/mol. The summed E-state index contributed by atoms with van der Waals surface area (Å²) in [7, 11) is 0. The van der Waals surface area contributed by atoms with Crippen LogP contribution in [0.2, 0.25) is 10.2 Å². The van der Waals surface area contributed by atoms with E-state index in [1.807, 2.05) is 44.4 Å². The number of pyridine rings is 1. The molecule has 3 aliphatic rings. The van der Waals surface area contributed by atoms with Crippen LogP contribution in [0.5, 0.6) is 5.75 Å². The van der Waals surface area contributed by atoms with Crippen molar-refractivity contribution in [2.45, 2.75) is 58.7 Å². The molecule has 2 saturated heterocycles. The summed E-state index contributed by atoms with van der Waals surface area (Å²) in [4.78, 5) is 50.4. The van der Waals surface area contributed by atoms with E-state index < -0.39 is 11.7 Å². The lowest BCUT2D eigenvalue weighted by molar-refractivity contribution is -0.131. The molecule has 0 aliphatic carbocycles. The summed E-state index contributed by atoms with van der Waals surface area (Å²) in [6.07, 6.45) is 0.0176.